The van der Waals surface area contributed by atoms with E-state index in [0.717, 1.165) is 18.7 Å². The average molecular weight is 321 g/mol. The van der Waals surface area contributed by atoms with Crippen molar-refractivity contribution >= 4 is 17.7 Å². The number of aliphatic hydroxyl groups is 1. The molecule has 0 aliphatic carbocycles. The van der Waals surface area contributed by atoms with Gasteiger partial charge in [-0.25, -0.2) is 0 Å². The van der Waals surface area contributed by atoms with E-state index in [0.29, 0.717) is 38.5 Å². The van der Waals surface area contributed by atoms with Gasteiger partial charge in [-0.1, -0.05) is 0 Å². The monoisotopic (exact) mass is 321 g/mol. The molecule has 7 heteroatoms. The fourth-order valence-corrected chi connectivity index (χ4v) is 3.18. The Kier molecular flexibility index (Phi) is 4.68. The highest BCUT2D eigenvalue weighted by atomic mass is 16.4. The van der Waals surface area contributed by atoms with E-state index in [4.69, 9.17) is 4.42 Å². The molecule has 1 unspecified atom stereocenters. The van der Waals surface area contributed by atoms with Crippen molar-refractivity contribution in [2.24, 2.45) is 0 Å². The zero-order valence-electron chi connectivity index (χ0n) is 13.4. The summed E-state index contributed by atoms with van der Waals surface area (Å²) < 4.78 is 5.50. The van der Waals surface area contributed by atoms with Crippen LogP contribution in [0.15, 0.2) is 16.5 Å². The quantitative estimate of drug-likeness (QED) is 0.839. The van der Waals surface area contributed by atoms with E-state index in [1.807, 2.05) is 17.9 Å². The number of aryl methyl sites for hydroxylation is 1. The highest BCUT2D eigenvalue weighted by Crippen LogP contribution is 2.20. The van der Waals surface area contributed by atoms with Crippen molar-refractivity contribution in [3.05, 3.63) is 17.9 Å². The summed E-state index contributed by atoms with van der Waals surface area (Å²) in [5, 5.41) is 10.2. The van der Waals surface area contributed by atoms with Crippen molar-refractivity contribution in [3.8, 4) is 0 Å². The predicted molar refractivity (Wildman–Crippen MR) is 84.1 cm³/mol. The smallest absolute Gasteiger partial charge is 0.243 e. The molecule has 3 heterocycles. The third kappa shape index (κ3) is 3.73. The van der Waals surface area contributed by atoms with Crippen LogP contribution in [0.3, 0.4) is 0 Å². The van der Waals surface area contributed by atoms with Crippen LogP contribution >= 0.6 is 0 Å². The number of likely N-dealkylation sites (tertiary alicyclic amines) is 1. The molecule has 3 rings (SSSR count). The molecule has 1 N–H and O–H groups in total. The van der Waals surface area contributed by atoms with E-state index in [1.54, 1.807) is 15.9 Å². The van der Waals surface area contributed by atoms with Crippen LogP contribution in [0.1, 0.15) is 18.6 Å². The minimum Gasteiger partial charge on any atom is -0.445 e. The second-order valence-electron chi connectivity index (χ2n) is 6.26. The van der Waals surface area contributed by atoms with Crippen molar-refractivity contribution in [1.82, 2.24) is 9.80 Å². The molecule has 0 saturated carbocycles. The van der Waals surface area contributed by atoms with Gasteiger partial charge in [0.2, 0.25) is 17.7 Å². The van der Waals surface area contributed by atoms with Crippen molar-refractivity contribution in [3.63, 3.8) is 0 Å². The molecule has 1 aromatic heterocycles. The molecule has 0 radical (unpaired) electrons. The lowest BCUT2D eigenvalue weighted by Gasteiger charge is -2.34. The number of β-amino-alcohol motifs (C(OH)–C–C–N with tert-alkyl or cyclic N) is 1. The van der Waals surface area contributed by atoms with Gasteiger partial charge in [-0.3, -0.25) is 19.4 Å². The molecule has 0 spiro atoms. The number of aliphatic hydroxyl groups excluding tert-OH is 1. The molecule has 2 aliphatic rings. The second kappa shape index (κ2) is 6.72. The molecule has 0 aromatic carbocycles. The molecule has 126 valence electrons. The maximum atomic E-state index is 12.3. The summed E-state index contributed by atoms with van der Waals surface area (Å²) in [4.78, 5) is 29.1. The minimum atomic E-state index is -0.623. The first-order valence-electron chi connectivity index (χ1n) is 8.08. The van der Waals surface area contributed by atoms with Crippen LogP contribution in [0.5, 0.6) is 0 Å². The van der Waals surface area contributed by atoms with Crippen LogP contribution in [-0.2, 0) is 9.59 Å². The van der Waals surface area contributed by atoms with Gasteiger partial charge in [0.25, 0.3) is 0 Å². The molecule has 23 heavy (non-hydrogen) atoms. The molecule has 2 fully saturated rings. The van der Waals surface area contributed by atoms with E-state index < -0.39 is 6.10 Å². The largest absolute Gasteiger partial charge is 0.445 e. The van der Waals surface area contributed by atoms with Gasteiger partial charge in [-0.05, 0) is 19.4 Å². The standard InChI is InChI=1S/C16H23N3O4/c1-12-4-5-16(23-12)19-8-7-17(11-15(19)22)9-13(20)10-18-6-2-3-14(18)21/h4-5,13,20H,2-3,6-11H2,1H3. The van der Waals surface area contributed by atoms with Gasteiger partial charge in [0.05, 0.1) is 12.6 Å². The number of hydrogen-bond acceptors (Lipinski definition) is 5. The summed E-state index contributed by atoms with van der Waals surface area (Å²) in [6.45, 7) is 4.80. The van der Waals surface area contributed by atoms with E-state index in [2.05, 4.69) is 0 Å². The van der Waals surface area contributed by atoms with Crippen LogP contribution in [0, 0.1) is 6.92 Å². The van der Waals surface area contributed by atoms with E-state index in [9.17, 15) is 14.7 Å². The Bertz CT molecular complexity index is 586. The number of nitrogens with zero attached hydrogens (tertiary/aromatic N) is 3. The number of rotatable bonds is 5. The molecule has 1 aromatic rings. The third-order valence-electron chi connectivity index (χ3n) is 4.36. The number of anilines is 1. The Balaban J connectivity index is 1.49. The summed E-state index contributed by atoms with van der Waals surface area (Å²) in [6.07, 6.45) is 0.819. The van der Waals surface area contributed by atoms with E-state index in [-0.39, 0.29) is 18.4 Å². The van der Waals surface area contributed by atoms with Crippen LogP contribution < -0.4 is 4.90 Å². The maximum absolute atomic E-state index is 12.3. The lowest BCUT2D eigenvalue weighted by atomic mass is 10.2. The van der Waals surface area contributed by atoms with Gasteiger partial charge >= 0.3 is 0 Å². The van der Waals surface area contributed by atoms with E-state index >= 15 is 0 Å². The number of piperazine rings is 1. The lowest BCUT2D eigenvalue weighted by Crippen LogP contribution is -2.53. The van der Waals surface area contributed by atoms with Crippen molar-refractivity contribution in [1.29, 1.82) is 0 Å². The normalized spacial score (nSPS) is 21.3. The first-order chi connectivity index (χ1) is 11.0. The van der Waals surface area contributed by atoms with Gasteiger partial charge in [-0.15, -0.1) is 0 Å². The fraction of sp³-hybridized carbons (Fsp3) is 0.625. The van der Waals surface area contributed by atoms with Gasteiger partial charge in [0.15, 0.2) is 0 Å². The Hall–Kier alpha value is -1.86. The van der Waals surface area contributed by atoms with Crippen LogP contribution in [0.4, 0.5) is 5.88 Å². The molecule has 2 saturated heterocycles. The third-order valence-corrected chi connectivity index (χ3v) is 4.36. The van der Waals surface area contributed by atoms with Crippen molar-refractivity contribution < 1.29 is 19.1 Å². The highest BCUT2D eigenvalue weighted by molar-refractivity contribution is 5.94. The molecule has 1 atom stereocenters. The van der Waals surface area contributed by atoms with Gasteiger partial charge in [0.1, 0.15) is 5.76 Å². The number of carbonyl (C=O) groups excluding carboxylic acids is 2. The summed E-state index contributed by atoms with van der Waals surface area (Å²) >= 11 is 0. The first kappa shape index (κ1) is 16.0. The molecular formula is C16H23N3O4. The summed E-state index contributed by atoms with van der Waals surface area (Å²) in [5.74, 6) is 1.43. The number of furan rings is 1. The summed E-state index contributed by atoms with van der Waals surface area (Å²) in [7, 11) is 0. The Morgan fingerprint density at radius 2 is 2.00 bits per heavy atom. The van der Waals surface area contributed by atoms with Crippen LogP contribution in [-0.4, -0.2) is 72.1 Å². The summed E-state index contributed by atoms with van der Waals surface area (Å²) in [6, 6.07) is 3.64. The fourth-order valence-electron chi connectivity index (χ4n) is 3.18. The zero-order chi connectivity index (χ0) is 16.4. The van der Waals surface area contributed by atoms with Crippen molar-refractivity contribution in [2.45, 2.75) is 25.9 Å². The Labute approximate surface area is 135 Å². The molecular weight excluding hydrogens is 298 g/mol. The number of hydrogen-bond donors (Lipinski definition) is 1. The summed E-state index contributed by atoms with van der Waals surface area (Å²) in [5.41, 5.74) is 0. The average Bonchev–Trinajstić information content (AvgIpc) is 3.08. The Morgan fingerprint density at radius 1 is 1.17 bits per heavy atom. The minimum absolute atomic E-state index is 0.0324. The highest BCUT2D eigenvalue weighted by Gasteiger charge is 2.29. The van der Waals surface area contributed by atoms with Gasteiger partial charge in [-0.2, -0.15) is 0 Å². The van der Waals surface area contributed by atoms with Gasteiger partial charge < -0.3 is 14.4 Å². The zero-order valence-corrected chi connectivity index (χ0v) is 13.4. The second-order valence-corrected chi connectivity index (χ2v) is 6.26. The molecule has 7 nitrogen and oxygen atoms in total. The first-order valence-corrected chi connectivity index (χ1v) is 8.08. The lowest BCUT2D eigenvalue weighted by molar-refractivity contribution is -0.129. The topological polar surface area (TPSA) is 77.2 Å². The SMILES string of the molecule is Cc1ccc(N2CCN(CC(O)CN3CCCC3=O)CC2=O)o1. The van der Waals surface area contributed by atoms with Crippen molar-refractivity contribution in [2.75, 3.05) is 44.2 Å². The Morgan fingerprint density at radius 3 is 2.61 bits per heavy atom. The van der Waals surface area contributed by atoms with Gasteiger partial charge in [0, 0.05) is 45.2 Å². The number of carbonyl (C=O) groups is 2. The molecule has 2 aliphatic heterocycles. The molecule has 0 bridgehead atoms. The van der Waals surface area contributed by atoms with E-state index in [1.165, 1.54) is 0 Å². The van der Waals surface area contributed by atoms with Crippen LogP contribution in [0.25, 0.3) is 0 Å². The molecule has 2 amide bonds. The number of amides is 2. The predicted octanol–water partition coefficient (Wildman–Crippen LogP) is 0.220. The van der Waals surface area contributed by atoms with Crippen LogP contribution in [0.2, 0.25) is 0 Å². The maximum Gasteiger partial charge on any atom is 0.243 e.